The lowest BCUT2D eigenvalue weighted by atomic mass is 9.70. The van der Waals surface area contributed by atoms with Crippen LogP contribution in [-0.4, -0.2) is 29.1 Å². The monoisotopic (exact) mass is 531 g/mol. The summed E-state index contributed by atoms with van der Waals surface area (Å²) in [5.41, 5.74) is -0.331. The van der Waals surface area contributed by atoms with E-state index in [9.17, 15) is 31.4 Å². The Balaban J connectivity index is 1.61. The van der Waals surface area contributed by atoms with Crippen molar-refractivity contribution in [2.75, 3.05) is 13.1 Å². The predicted molar refractivity (Wildman–Crippen MR) is 132 cm³/mol. The molecule has 200 valence electrons. The van der Waals surface area contributed by atoms with Crippen molar-refractivity contribution in [1.82, 2.24) is 4.90 Å². The molecule has 0 aromatic heterocycles. The zero-order valence-electron chi connectivity index (χ0n) is 20.4. The number of alkyl halides is 6. The maximum absolute atomic E-state index is 13.5. The second kappa shape index (κ2) is 10.2. The number of aliphatic hydroxyl groups excluding tert-OH is 1. The lowest BCUT2D eigenvalue weighted by molar-refractivity contribution is -0.143. The van der Waals surface area contributed by atoms with Gasteiger partial charge in [0, 0.05) is 12.0 Å². The molecular weight excluding hydrogens is 504 g/mol. The van der Waals surface area contributed by atoms with Gasteiger partial charge in [0.25, 0.3) is 0 Å². The standard InChI is InChI=1S/C30H27F6NO/c31-29(32,33)23-15-22(16-24(17-23)30(34,35)36)26(38)18-25-19-11-13-37(14-12-19)28(25)27(20-7-3-1-4-8-20)21-9-5-2-6-10-21/h1-10,15-19,26-28,38H,11-14H2/b25-18+. The van der Waals surface area contributed by atoms with Gasteiger partial charge >= 0.3 is 12.4 Å². The van der Waals surface area contributed by atoms with Crippen LogP contribution in [0.2, 0.25) is 0 Å². The number of nitrogens with zero attached hydrogens (tertiary/aromatic N) is 1. The molecule has 3 aromatic carbocycles. The summed E-state index contributed by atoms with van der Waals surface area (Å²) < 4.78 is 80.7. The van der Waals surface area contributed by atoms with Gasteiger partial charge in [-0.15, -0.1) is 0 Å². The lowest BCUT2D eigenvalue weighted by Gasteiger charge is -2.51. The summed E-state index contributed by atoms with van der Waals surface area (Å²) in [5.74, 6) is -0.0337. The molecule has 3 aromatic rings. The SMILES string of the molecule is OC(/C=C1\C2CCN(CC2)C1C(c1ccccc1)c1ccccc1)c1cc(C(F)(F)F)cc(C(F)(F)F)c1. The third-order valence-corrected chi connectivity index (χ3v) is 7.67. The van der Waals surface area contributed by atoms with Gasteiger partial charge in [-0.05, 0) is 66.7 Å². The predicted octanol–water partition coefficient (Wildman–Crippen LogP) is 7.61. The van der Waals surface area contributed by atoms with Gasteiger partial charge in [0.1, 0.15) is 0 Å². The molecule has 0 saturated carbocycles. The van der Waals surface area contributed by atoms with Crippen molar-refractivity contribution in [3.8, 4) is 0 Å². The molecule has 2 bridgehead atoms. The van der Waals surface area contributed by atoms with Crippen LogP contribution in [0.15, 0.2) is 90.5 Å². The highest BCUT2D eigenvalue weighted by Gasteiger charge is 2.43. The van der Waals surface area contributed by atoms with Crippen molar-refractivity contribution in [2.24, 2.45) is 5.92 Å². The molecule has 8 heteroatoms. The molecule has 2 atom stereocenters. The van der Waals surface area contributed by atoms with Crippen LogP contribution < -0.4 is 0 Å². The highest BCUT2D eigenvalue weighted by atomic mass is 19.4. The van der Waals surface area contributed by atoms with Crippen LogP contribution in [-0.2, 0) is 12.4 Å². The van der Waals surface area contributed by atoms with E-state index in [4.69, 9.17) is 0 Å². The minimum Gasteiger partial charge on any atom is -0.384 e. The third-order valence-electron chi connectivity index (χ3n) is 7.67. The number of fused-ring (bicyclic) bond motifs is 3. The molecule has 3 heterocycles. The van der Waals surface area contributed by atoms with Crippen molar-refractivity contribution in [1.29, 1.82) is 0 Å². The Labute approximate surface area is 217 Å². The number of aliphatic hydroxyl groups is 1. The van der Waals surface area contributed by atoms with Gasteiger partial charge in [-0.1, -0.05) is 72.3 Å². The average Bonchev–Trinajstić information content (AvgIpc) is 2.90. The van der Waals surface area contributed by atoms with Gasteiger partial charge in [-0.3, -0.25) is 4.90 Å². The minimum absolute atomic E-state index is 0.0846. The van der Waals surface area contributed by atoms with Gasteiger partial charge < -0.3 is 5.11 Å². The first-order chi connectivity index (χ1) is 18.0. The molecule has 3 saturated heterocycles. The van der Waals surface area contributed by atoms with Crippen molar-refractivity contribution < 1.29 is 31.4 Å². The summed E-state index contributed by atoms with van der Waals surface area (Å²) in [6, 6.07) is 20.8. The summed E-state index contributed by atoms with van der Waals surface area (Å²) in [7, 11) is 0. The zero-order valence-corrected chi connectivity index (χ0v) is 20.4. The molecule has 3 aliphatic heterocycles. The number of halogens is 6. The fraction of sp³-hybridized carbons (Fsp3) is 0.333. The molecule has 0 aliphatic carbocycles. The van der Waals surface area contributed by atoms with E-state index >= 15 is 0 Å². The summed E-state index contributed by atoms with van der Waals surface area (Å²) in [5, 5.41) is 11.1. The van der Waals surface area contributed by atoms with E-state index < -0.39 is 35.1 Å². The van der Waals surface area contributed by atoms with Crippen LogP contribution in [0.1, 0.15) is 52.7 Å². The number of benzene rings is 3. The highest BCUT2D eigenvalue weighted by Crippen LogP contribution is 2.46. The Bertz CT molecular complexity index is 1210. The fourth-order valence-corrected chi connectivity index (χ4v) is 5.91. The Morgan fingerprint density at radius 2 is 1.18 bits per heavy atom. The van der Waals surface area contributed by atoms with Crippen LogP contribution in [0.4, 0.5) is 26.3 Å². The van der Waals surface area contributed by atoms with Gasteiger partial charge in [0.05, 0.1) is 17.2 Å². The first-order valence-corrected chi connectivity index (χ1v) is 12.6. The second-order valence-corrected chi connectivity index (χ2v) is 10.0. The van der Waals surface area contributed by atoms with Gasteiger partial charge in [-0.25, -0.2) is 0 Å². The molecule has 2 unspecified atom stereocenters. The Morgan fingerprint density at radius 1 is 0.711 bits per heavy atom. The van der Waals surface area contributed by atoms with E-state index in [1.54, 1.807) is 0 Å². The number of piperidine rings is 3. The second-order valence-electron chi connectivity index (χ2n) is 10.0. The molecule has 1 N–H and O–H groups in total. The summed E-state index contributed by atoms with van der Waals surface area (Å²) in [4.78, 5) is 2.32. The topological polar surface area (TPSA) is 23.5 Å². The maximum Gasteiger partial charge on any atom is 0.416 e. The molecule has 3 fully saturated rings. The first-order valence-electron chi connectivity index (χ1n) is 12.6. The zero-order chi connectivity index (χ0) is 27.1. The molecule has 6 rings (SSSR count). The first kappa shape index (κ1) is 26.5. The van der Waals surface area contributed by atoms with E-state index in [0.29, 0.717) is 12.1 Å². The third kappa shape index (κ3) is 5.38. The maximum atomic E-state index is 13.5. The number of hydrogen-bond acceptors (Lipinski definition) is 2. The fourth-order valence-electron chi connectivity index (χ4n) is 5.91. The van der Waals surface area contributed by atoms with Crippen molar-refractivity contribution in [3.63, 3.8) is 0 Å². The summed E-state index contributed by atoms with van der Waals surface area (Å²) in [6.45, 7) is 1.67. The molecule has 0 spiro atoms. The molecular formula is C30H27F6NO. The van der Waals surface area contributed by atoms with Crippen LogP contribution in [0.25, 0.3) is 0 Å². The molecule has 0 radical (unpaired) electrons. The Kier molecular flexibility index (Phi) is 7.13. The van der Waals surface area contributed by atoms with Gasteiger partial charge in [-0.2, -0.15) is 26.3 Å². The van der Waals surface area contributed by atoms with E-state index in [1.807, 2.05) is 60.7 Å². The van der Waals surface area contributed by atoms with E-state index in [2.05, 4.69) is 4.90 Å². The normalized spacial score (nSPS) is 23.7. The molecule has 38 heavy (non-hydrogen) atoms. The largest absolute Gasteiger partial charge is 0.416 e. The quantitative estimate of drug-likeness (QED) is 0.271. The average molecular weight is 532 g/mol. The van der Waals surface area contributed by atoms with E-state index in [1.165, 1.54) is 6.08 Å². The van der Waals surface area contributed by atoms with Crippen LogP contribution in [0, 0.1) is 5.92 Å². The van der Waals surface area contributed by atoms with E-state index in [0.717, 1.165) is 42.6 Å². The molecule has 3 aliphatic rings. The summed E-state index contributed by atoms with van der Waals surface area (Å²) in [6.07, 6.45) is -8.44. The van der Waals surface area contributed by atoms with Crippen LogP contribution in [0.3, 0.4) is 0 Å². The van der Waals surface area contributed by atoms with Crippen LogP contribution in [0.5, 0.6) is 0 Å². The Hall–Kier alpha value is -3.10. The van der Waals surface area contributed by atoms with E-state index in [-0.39, 0.29) is 23.9 Å². The van der Waals surface area contributed by atoms with Gasteiger partial charge in [0.15, 0.2) is 0 Å². The van der Waals surface area contributed by atoms with Crippen LogP contribution >= 0.6 is 0 Å². The highest BCUT2D eigenvalue weighted by molar-refractivity contribution is 5.42. The Morgan fingerprint density at radius 3 is 1.63 bits per heavy atom. The van der Waals surface area contributed by atoms with Crippen molar-refractivity contribution in [2.45, 2.75) is 43.3 Å². The summed E-state index contributed by atoms with van der Waals surface area (Å²) >= 11 is 0. The van der Waals surface area contributed by atoms with Crippen molar-refractivity contribution in [3.05, 3.63) is 118 Å². The lowest BCUT2D eigenvalue weighted by Crippen LogP contribution is -2.53. The minimum atomic E-state index is -4.98. The molecule has 2 nitrogen and oxygen atoms in total. The van der Waals surface area contributed by atoms with Gasteiger partial charge in [0.2, 0.25) is 0 Å². The smallest absolute Gasteiger partial charge is 0.384 e. The van der Waals surface area contributed by atoms with Crippen molar-refractivity contribution >= 4 is 0 Å². The number of rotatable bonds is 5. The number of hydrogen-bond donors (Lipinski definition) is 1. The molecule has 0 amide bonds.